The van der Waals surface area contributed by atoms with Gasteiger partial charge in [0, 0.05) is 21.8 Å². The third kappa shape index (κ3) is 4.41. The Morgan fingerprint density at radius 3 is 2.71 bits per heavy atom. The molecule has 0 aliphatic heterocycles. The number of halogens is 2. The molecule has 0 saturated carbocycles. The van der Waals surface area contributed by atoms with E-state index in [9.17, 15) is 12.8 Å². The van der Waals surface area contributed by atoms with Crippen molar-refractivity contribution in [2.24, 2.45) is 0 Å². The number of rotatable bonds is 6. The van der Waals surface area contributed by atoms with Crippen LogP contribution in [0, 0.1) is 5.82 Å². The van der Waals surface area contributed by atoms with Crippen LogP contribution in [-0.4, -0.2) is 15.0 Å². The van der Waals surface area contributed by atoms with Crippen LogP contribution in [0.1, 0.15) is 11.8 Å². The summed E-state index contributed by atoms with van der Waals surface area (Å²) in [6.45, 7) is 3.39. The highest BCUT2D eigenvalue weighted by Gasteiger charge is 2.17. The van der Waals surface area contributed by atoms with Crippen molar-refractivity contribution < 1.29 is 12.8 Å². The van der Waals surface area contributed by atoms with Crippen LogP contribution >= 0.6 is 22.9 Å². The molecular weight excluding hydrogens is 335 g/mol. The van der Waals surface area contributed by atoms with E-state index in [0.29, 0.717) is 6.54 Å². The molecule has 0 spiro atoms. The fourth-order valence-electron chi connectivity index (χ4n) is 1.67. The molecule has 0 saturated heterocycles. The topological polar surface area (TPSA) is 58.2 Å². The number of thiophene rings is 1. The predicted octanol–water partition coefficient (Wildman–Crippen LogP) is 3.45. The van der Waals surface area contributed by atoms with Crippen molar-refractivity contribution in [1.29, 1.82) is 0 Å². The Bertz CT molecular complexity index is 711. The molecule has 2 rings (SSSR count). The van der Waals surface area contributed by atoms with E-state index in [2.05, 4.69) is 10.0 Å². The summed E-state index contributed by atoms with van der Waals surface area (Å²) in [5.74, 6) is -0.599. The van der Waals surface area contributed by atoms with Crippen LogP contribution in [0.2, 0.25) is 5.02 Å². The molecule has 1 heterocycles. The van der Waals surface area contributed by atoms with Crippen LogP contribution in [-0.2, 0) is 16.6 Å². The maximum absolute atomic E-state index is 13.2. The average molecular weight is 349 g/mol. The number of anilines is 1. The number of nitrogens with one attached hydrogen (secondary N) is 2. The molecule has 0 bridgehead atoms. The summed E-state index contributed by atoms with van der Waals surface area (Å²) in [6.07, 6.45) is 0. The Kier molecular flexibility index (Phi) is 5.21. The smallest absolute Gasteiger partial charge is 0.262 e. The molecule has 21 heavy (non-hydrogen) atoms. The Hall–Kier alpha value is -1.15. The second-order valence-corrected chi connectivity index (χ2v) is 7.41. The summed E-state index contributed by atoms with van der Waals surface area (Å²) in [4.78, 5) is 1.07. The first-order valence-corrected chi connectivity index (χ1v) is 8.92. The zero-order valence-corrected chi connectivity index (χ0v) is 13.6. The number of sulfonamides is 1. The highest BCUT2D eigenvalue weighted by Crippen LogP contribution is 2.24. The van der Waals surface area contributed by atoms with Gasteiger partial charge in [-0.1, -0.05) is 18.5 Å². The molecule has 0 unspecified atom stereocenters. The average Bonchev–Trinajstić information content (AvgIpc) is 2.84. The minimum atomic E-state index is -3.74. The SMILES string of the molecule is CCNCc1cc(S(=O)(=O)Nc2cc(F)cc(Cl)c2)cs1. The fourth-order valence-corrected chi connectivity index (χ4v) is 4.18. The van der Waals surface area contributed by atoms with Crippen LogP contribution in [0.25, 0.3) is 0 Å². The summed E-state index contributed by atoms with van der Waals surface area (Å²) in [5.41, 5.74) is 0.0967. The molecule has 0 atom stereocenters. The highest BCUT2D eigenvalue weighted by molar-refractivity contribution is 7.92. The normalized spacial score (nSPS) is 11.6. The number of hydrogen-bond donors (Lipinski definition) is 2. The summed E-state index contributed by atoms with van der Waals surface area (Å²) >= 11 is 7.06. The highest BCUT2D eigenvalue weighted by atomic mass is 35.5. The molecule has 4 nitrogen and oxygen atoms in total. The van der Waals surface area contributed by atoms with Gasteiger partial charge in [0.05, 0.1) is 10.6 Å². The van der Waals surface area contributed by atoms with Crippen LogP contribution < -0.4 is 10.0 Å². The van der Waals surface area contributed by atoms with Gasteiger partial charge in [-0.2, -0.15) is 0 Å². The predicted molar refractivity (Wildman–Crippen MR) is 83.9 cm³/mol. The van der Waals surface area contributed by atoms with Crippen LogP contribution in [0.5, 0.6) is 0 Å². The van der Waals surface area contributed by atoms with Gasteiger partial charge in [0.2, 0.25) is 0 Å². The van der Waals surface area contributed by atoms with E-state index in [1.165, 1.54) is 17.4 Å². The van der Waals surface area contributed by atoms with Crippen LogP contribution in [0.15, 0.2) is 34.5 Å². The Morgan fingerprint density at radius 1 is 1.29 bits per heavy atom. The lowest BCUT2D eigenvalue weighted by molar-refractivity contribution is 0.601. The van der Waals surface area contributed by atoms with E-state index in [1.807, 2.05) is 6.92 Å². The third-order valence-corrected chi connectivity index (χ3v) is 5.27. The van der Waals surface area contributed by atoms with Gasteiger partial charge in [-0.05, 0) is 30.8 Å². The summed E-state index contributed by atoms with van der Waals surface area (Å²) in [7, 11) is -3.74. The molecule has 1 aromatic heterocycles. The quantitative estimate of drug-likeness (QED) is 0.840. The molecular formula is C13H14ClFN2O2S2. The molecule has 0 fully saturated rings. The lowest BCUT2D eigenvalue weighted by Crippen LogP contribution is -2.13. The third-order valence-electron chi connectivity index (χ3n) is 2.60. The molecule has 2 aromatic rings. The van der Waals surface area contributed by atoms with Crippen molar-refractivity contribution in [2.45, 2.75) is 18.4 Å². The van der Waals surface area contributed by atoms with E-state index in [4.69, 9.17) is 11.6 Å². The lowest BCUT2D eigenvalue weighted by atomic mass is 10.3. The van der Waals surface area contributed by atoms with E-state index in [-0.39, 0.29) is 15.6 Å². The van der Waals surface area contributed by atoms with Gasteiger partial charge < -0.3 is 5.32 Å². The number of hydrogen-bond acceptors (Lipinski definition) is 4. The van der Waals surface area contributed by atoms with E-state index in [1.54, 1.807) is 11.4 Å². The Morgan fingerprint density at radius 2 is 2.05 bits per heavy atom. The second-order valence-electron chi connectivity index (χ2n) is 4.29. The van der Waals surface area contributed by atoms with Gasteiger partial charge in [0.1, 0.15) is 5.82 Å². The minimum absolute atomic E-state index is 0.0967. The van der Waals surface area contributed by atoms with Gasteiger partial charge in [-0.15, -0.1) is 11.3 Å². The second kappa shape index (κ2) is 6.74. The van der Waals surface area contributed by atoms with E-state index < -0.39 is 15.8 Å². The largest absolute Gasteiger partial charge is 0.312 e. The Labute approximate surface area is 132 Å². The zero-order valence-electron chi connectivity index (χ0n) is 11.2. The maximum Gasteiger partial charge on any atom is 0.262 e. The number of benzene rings is 1. The molecule has 114 valence electrons. The molecule has 0 aliphatic carbocycles. The van der Waals surface area contributed by atoms with Crippen molar-refractivity contribution in [1.82, 2.24) is 5.32 Å². The molecule has 2 N–H and O–H groups in total. The van der Waals surface area contributed by atoms with Crippen molar-refractivity contribution in [3.8, 4) is 0 Å². The van der Waals surface area contributed by atoms with Crippen molar-refractivity contribution in [3.63, 3.8) is 0 Å². The zero-order chi connectivity index (χ0) is 15.5. The summed E-state index contributed by atoms with van der Waals surface area (Å²) < 4.78 is 40.0. The fraction of sp³-hybridized carbons (Fsp3) is 0.231. The first kappa shape index (κ1) is 16.2. The minimum Gasteiger partial charge on any atom is -0.312 e. The summed E-state index contributed by atoms with van der Waals surface area (Å²) in [5, 5.41) is 4.80. The standard InChI is InChI=1S/C13H14ClFN2O2S2/c1-2-16-7-12-6-13(8-20-12)21(18,19)17-11-4-9(14)3-10(15)5-11/h3-6,8,16-17H,2,7H2,1H3. The van der Waals surface area contributed by atoms with Crippen molar-refractivity contribution in [2.75, 3.05) is 11.3 Å². The molecule has 0 aliphatic rings. The van der Waals surface area contributed by atoms with Gasteiger partial charge in [0.25, 0.3) is 10.0 Å². The maximum atomic E-state index is 13.2. The van der Waals surface area contributed by atoms with E-state index >= 15 is 0 Å². The van der Waals surface area contributed by atoms with Gasteiger partial charge >= 0.3 is 0 Å². The first-order valence-electron chi connectivity index (χ1n) is 6.18. The van der Waals surface area contributed by atoms with Crippen molar-refractivity contribution in [3.05, 3.63) is 45.4 Å². The Balaban J connectivity index is 2.19. The van der Waals surface area contributed by atoms with Gasteiger partial charge in [-0.25, -0.2) is 12.8 Å². The van der Waals surface area contributed by atoms with Crippen LogP contribution in [0.3, 0.4) is 0 Å². The molecule has 0 amide bonds. The molecule has 0 radical (unpaired) electrons. The molecule has 1 aromatic carbocycles. The molecule has 8 heteroatoms. The monoisotopic (exact) mass is 348 g/mol. The summed E-state index contributed by atoms with van der Waals surface area (Å²) in [6, 6.07) is 5.14. The van der Waals surface area contributed by atoms with Crippen LogP contribution in [0.4, 0.5) is 10.1 Å². The van der Waals surface area contributed by atoms with Gasteiger partial charge in [0.15, 0.2) is 0 Å². The lowest BCUT2D eigenvalue weighted by Gasteiger charge is -2.07. The first-order chi connectivity index (χ1) is 9.90. The van der Waals surface area contributed by atoms with Gasteiger partial charge in [-0.3, -0.25) is 4.72 Å². The van der Waals surface area contributed by atoms with E-state index in [0.717, 1.165) is 23.6 Å². The van der Waals surface area contributed by atoms with Crippen molar-refractivity contribution >= 4 is 38.6 Å².